The smallest absolute Gasteiger partial charge is 0.257 e. The lowest BCUT2D eigenvalue weighted by molar-refractivity contribution is -0.135. The van der Waals surface area contributed by atoms with Crippen LogP contribution in [-0.4, -0.2) is 69.2 Å². The van der Waals surface area contributed by atoms with Crippen LogP contribution in [-0.2, 0) is 4.79 Å². The molecule has 1 aromatic carbocycles. The monoisotopic (exact) mass is 537 g/mol. The van der Waals surface area contributed by atoms with Crippen LogP contribution in [0.2, 0.25) is 0 Å². The molecule has 1 fully saturated rings. The van der Waals surface area contributed by atoms with E-state index in [4.69, 9.17) is 9.72 Å². The molecule has 0 N–H and O–H groups in total. The number of methoxy groups -OCH3 is 1. The number of benzene rings is 1. The van der Waals surface area contributed by atoms with Crippen LogP contribution in [0, 0.1) is 0 Å². The van der Waals surface area contributed by atoms with Gasteiger partial charge in [0.25, 0.3) is 5.91 Å². The highest BCUT2D eigenvalue weighted by molar-refractivity contribution is 7.12. The minimum absolute atomic E-state index is 0.00620. The Morgan fingerprint density at radius 3 is 2.71 bits per heavy atom. The predicted octanol–water partition coefficient (Wildman–Crippen LogP) is 5.77. The molecule has 1 aliphatic heterocycles. The molecule has 0 aliphatic carbocycles. The molecule has 2 aromatic heterocycles. The highest BCUT2D eigenvalue weighted by Gasteiger charge is 2.32. The molecule has 8 nitrogen and oxygen atoms in total. The quantitative estimate of drug-likeness (QED) is 0.307. The minimum Gasteiger partial charge on any atom is -0.497 e. The number of thiazole rings is 1. The summed E-state index contributed by atoms with van der Waals surface area (Å²) in [6.45, 7) is 9.97. The van der Waals surface area contributed by atoms with E-state index in [-0.39, 0.29) is 23.8 Å². The van der Waals surface area contributed by atoms with Gasteiger partial charge < -0.3 is 14.5 Å². The van der Waals surface area contributed by atoms with Gasteiger partial charge in [0.15, 0.2) is 0 Å². The van der Waals surface area contributed by atoms with E-state index < -0.39 is 0 Å². The first kappa shape index (κ1) is 27.8. The fraction of sp³-hybridized carbons (Fsp3) is 0.517. The Morgan fingerprint density at radius 1 is 1.18 bits per heavy atom. The van der Waals surface area contributed by atoms with Crippen molar-refractivity contribution in [2.24, 2.45) is 0 Å². The lowest BCUT2D eigenvalue weighted by Crippen LogP contribution is -2.55. The van der Waals surface area contributed by atoms with Crippen molar-refractivity contribution in [3.8, 4) is 22.1 Å². The Kier molecular flexibility index (Phi) is 9.20. The highest BCUT2D eigenvalue weighted by Crippen LogP contribution is 2.30. The van der Waals surface area contributed by atoms with Crippen LogP contribution in [0.3, 0.4) is 0 Å². The van der Waals surface area contributed by atoms with Gasteiger partial charge in [-0.05, 0) is 31.4 Å². The van der Waals surface area contributed by atoms with Crippen LogP contribution in [0.15, 0.2) is 35.8 Å². The summed E-state index contributed by atoms with van der Waals surface area (Å²) in [6.07, 6.45) is 6.61. The third-order valence-electron chi connectivity index (χ3n) is 7.10. The molecule has 0 saturated carbocycles. The van der Waals surface area contributed by atoms with Crippen LogP contribution < -0.4 is 4.74 Å². The Morgan fingerprint density at radius 2 is 2.00 bits per heavy atom. The number of hydrogen-bond acceptors (Lipinski definition) is 6. The number of unbranched alkanes of at least 4 members (excludes halogenated alkanes) is 3. The van der Waals surface area contributed by atoms with E-state index in [0.717, 1.165) is 47.1 Å². The molecular weight excluding hydrogens is 498 g/mol. The first-order valence-electron chi connectivity index (χ1n) is 13.6. The van der Waals surface area contributed by atoms with E-state index in [1.54, 1.807) is 18.0 Å². The molecule has 3 heterocycles. The standard InChI is InChI=1S/C29H39N5O3S/c1-6-7-8-9-13-26(35)33-15-14-32(18-21(33)4)28(36)24-17-30-34(27(24)20(2)3)29-31-25(19-38-29)22-11-10-12-23(16-22)37-5/h10-12,16-17,19-21H,6-9,13-15,18H2,1-5H3. The molecule has 1 atom stereocenters. The number of nitrogens with zero attached hydrogens (tertiary/aromatic N) is 5. The Hall–Kier alpha value is -3.20. The molecule has 1 unspecified atom stereocenters. The molecule has 1 saturated heterocycles. The second-order valence-electron chi connectivity index (χ2n) is 10.3. The number of carbonyl (C=O) groups is 2. The zero-order chi connectivity index (χ0) is 27.2. The summed E-state index contributed by atoms with van der Waals surface area (Å²) in [4.78, 5) is 35.1. The largest absolute Gasteiger partial charge is 0.497 e. The van der Waals surface area contributed by atoms with Crippen molar-refractivity contribution in [2.75, 3.05) is 26.7 Å². The van der Waals surface area contributed by atoms with Crippen molar-refractivity contribution in [3.05, 3.63) is 47.1 Å². The molecule has 0 bridgehead atoms. The number of hydrogen-bond donors (Lipinski definition) is 0. The maximum Gasteiger partial charge on any atom is 0.257 e. The summed E-state index contributed by atoms with van der Waals surface area (Å²) in [5.41, 5.74) is 3.26. The van der Waals surface area contributed by atoms with Crippen molar-refractivity contribution < 1.29 is 14.3 Å². The Balaban J connectivity index is 1.49. The van der Waals surface area contributed by atoms with E-state index >= 15 is 0 Å². The summed E-state index contributed by atoms with van der Waals surface area (Å²) in [6, 6.07) is 7.80. The van der Waals surface area contributed by atoms with Gasteiger partial charge in [-0.2, -0.15) is 5.10 Å². The van der Waals surface area contributed by atoms with Gasteiger partial charge in [-0.1, -0.05) is 52.2 Å². The lowest BCUT2D eigenvalue weighted by Gasteiger charge is -2.40. The van der Waals surface area contributed by atoms with Crippen LogP contribution in [0.25, 0.3) is 16.4 Å². The number of piperazine rings is 1. The van der Waals surface area contributed by atoms with Crippen molar-refractivity contribution in [3.63, 3.8) is 0 Å². The van der Waals surface area contributed by atoms with E-state index in [1.165, 1.54) is 17.8 Å². The van der Waals surface area contributed by atoms with Crippen LogP contribution in [0.5, 0.6) is 5.75 Å². The molecule has 204 valence electrons. The van der Waals surface area contributed by atoms with Gasteiger partial charge in [0, 0.05) is 43.0 Å². The third kappa shape index (κ3) is 6.09. The van der Waals surface area contributed by atoms with Crippen LogP contribution >= 0.6 is 11.3 Å². The number of amides is 2. The molecular formula is C29H39N5O3S. The topological polar surface area (TPSA) is 80.6 Å². The predicted molar refractivity (Wildman–Crippen MR) is 151 cm³/mol. The maximum absolute atomic E-state index is 13.7. The summed E-state index contributed by atoms with van der Waals surface area (Å²) >= 11 is 1.50. The van der Waals surface area contributed by atoms with E-state index in [0.29, 0.717) is 31.6 Å². The normalized spacial score (nSPS) is 15.8. The number of ether oxygens (including phenoxy) is 1. The molecule has 3 aromatic rings. The zero-order valence-corrected chi connectivity index (χ0v) is 24.0. The highest BCUT2D eigenvalue weighted by atomic mass is 32.1. The average Bonchev–Trinajstić information content (AvgIpc) is 3.58. The number of carbonyl (C=O) groups excluding carboxylic acids is 2. The van der Waals surface area contributed by atoms with Gasteiger partial charge in [-0.3, -0.25) is 9.59 Å². The van der Waals surface area contributed by atoms with Gasteiger partial charge in [0.1, 0.15) is 5.75 Å². The third-order valence-corrected chi connectivity index (χ3v) is 7.92. The Bertz CT molecular complexity index is 1250. The number of rotatable bonds is 10. The second-order valence-corrected chi connectivity index (χ2v) is 11.1. The van der Waals surface area contributed by atoms with Gasteiger partial charge in [-0.25, -0.2) is 9.67 Å². The maximum atomic E-state index is 13.7. The van der Waals surface area contributed by atoms with Crippen molar-refractivity contribution in [1.29, 1.82) is 0 Å². The van der Waals surface area contributed by atoms with Crippen molar-refractivity contribution in [1.82, 2.24) is 24.6 Å². The molecule has 38 heavy (non-hydrogen) atoms. The SMILES string of the molecule is CCCCCCC(=O)N1CCN(C(=O)c2cnn(-c3nc(-c4cccc(OC)c4)cs3)c2C(C)C)CC1C. The summed E-state index contributed by atoms with van der Waals surface area (Å²) in [5.74, 6) is 1.02. The molecule has 0 spiro atoms. The Labute approximate surface area is 229 Å². The summed E-state index contributed by atoms with van der Waals surface area (Å²) in [5, 5.41) is 7.32. The summed E-state index contributed by atoms with van der Waals surface area (Å²) in [7, 11) is 1.65. The average molecular weight is 538 g/mol. The van der Waals surface area contributed by atoms with Gasteiger partial charge in [0.05, 0.1) is 30.3 Å². The summed E-state index contributed by atoms with van der Waals surface area (Å²) < 4.78 is 7.15. The molecule has 1 aliphatic rings. The molecule has 4 rings (SSSR count). The second kappa shape index (κ2) is 12.6. The first-order valence-corrected chi connectivity index (χ1v) is 14.5. The van der Waals surface area contributed by atoms with Gasteiger partial charge >= 0.3 is 0 Å². The molecule has 0 radical (unpaired) electrons. The van der Waals surface area contributed by atoms with E-state index in [1.807, 2.05) is 46.4 Å². The van der Waals surface area contributed by atoms with Crippen LogP contribution in [0.1, 0.15) is 81.8 Å². The molecule has 2 amide bonds. The zero-order valence-electron chi connectivity index (χ0n) is 23.1. The number of aromatic nitrogens is 3. The molecule has 9 heteroatoms. The van der Waals surface area contributed by atoms with Crippen LogP contribution in [0.4, 0.5) is 0 Å². The van der Waals surface area contributed by atoms with Gasteiger partial charge in [-0.15, -0.1) is 11.3 Å². The van der Waals surface area contributed by atoms with Crippen molar-refractivity contribution in [2.45, 2.75) is 71.8 Å². The fourth-order valence-electron chi connectivity index (χ4n) is 5.04. The van der Waals surface area contributed by atoms with E-state index in [2.05, 4.69) is 25.9 Å². The lowest BCUT2D eigenvalue weighted by atomic mass is 10.0. The van der Waals surface area contributed by atoms with E-state index in [9.17, 15) is 9.59 Å². The minimum atomic E-state index is -0.0357. The fourth-order valence-corrected chi connectivity index (χ4v) is 5.84. The van der Waals surface area contributed by atoms with Crippen molar-refractivity contribution >= 4 is 23.2 Å². The first-order chi connectivity index (χ1) is 18.3. The van der Waals surface area contributed by atoms with Gasteiger partial charge in [0.2, 0.25) is 11.0 Å².